The molecule has 1 saturated heterocycles. The molecule has 3 unspecified atom stereocenters. The van der Waals surface area contributed by atoms with Crippen LogP contribution in [0.2, 0.25) is 0 Å². The van der Waals surface area contributed by atoms with Gasteiger partial charge in [-0.3, -0.25) is 0 Å². The topological polar surface area (TPSA) is 18.5 Å². The van der Waals surface area contributed by atoms with Gasteiger partial charge in [-0.05, 0) is 6.42 Å². The molecule has 0 radical (unpaired) electrons. The Labute approximate surface area is 83.2 Å². The number of hydrogen-bond acceptors (Lipinski definition) is 2. The summed E-state index contributed by atoms with van der Waals surface area (Å²) in [5, 5.41) is 0. The summed E-state index contributed by atoms with van der Waals surface area (Å²) >= 11 is 2.35. The Hall–Kier alpha value is 0.780. The van der Waals surface area contributed by atoms with E-state index in [4.69, 9.17) is 9.47 Å². The molecule has 1 fully saturated rings. The molecule has 0 aromatic carbocycles. The minimum atomic E-state index is 0.325. The molecule has 0 saturated carbocycles. The van der Waals surface area contributed by atoms with Crippen molar-refractivity contribution in [2.45, 2.75) is 24.6 Å². The molecule has 0 amide bonds. The highest BCUT2D eigenvalue weighted by Gasteiger charge is 2.33. The summed E-state index contributed by atoms with van der Waals surface area (Å²) in [7, 11) is 5.03. The standard InChI is InChI=1S/C6H13B2IO2/c1-10-4-2-6(8-7)11-5(4)3-9/h4-6,8H,2-3,7H2,1H3. The second-order valence-corrected chi connectivity index (χ2v) is 3.75. The fraction of sp³-hybridized carbons (Fsp3) is 1.00. The van der Waals surface area contributed by atoms with Crippen LogP contribution in [0.15, 0.2) is 0 Å². The Bertz CT molecular complexity index is 113. The van der Waals surface area contributed by atoms with Crippen molar-refractivity contribution >= 4 is 37.5 Å². The fourth-order valence-electron chi connectivity index (χ4n) is 1.45. The monoisotopic (exact) mass is 266 g/mol. The lowest BCUT2D eigenvalue weighted by atomic mass is 9.51. The Kier molecular flexibility index (Phi) is 4.23. The van der Waals surface area contributed by atoms with E-state index in [1.165, 1.54) is 0 Å². The minimum Gasteiger partial charge on any atom is -0.381 e. The van der Waals surface area contributed by atoms with Crippen molar-refractivity contribution in [3.05, 3.63) is 0 Å². The number of alkyl halides is 1. The Morgan fingerprint density at radius 3 is 2.91 bits per heavy atom. The largest absolute Gasteiger partial charge is 0.381 e. The maximum Gasteiger partial charge on any atom is 0.119 e. The van der Waals surface area contributed by atoms with Crippen LogP contribution in [0.25, 0.3) is 0 Å². The second-order valence-electron chi connectivity index (χ2n) is 2.87. The maximum absolute atomic E-state index is 5.73. The third kappa shape index (κ3) is 2.36. The van der Waals surface area contributed by atoms with Crippen LogP contribution in [0.3, 0.4) is 0 Å². The summed E-state index contributed by atoms with van der Waals surface area (Å²) in [6, 6.07) is 0.430. The second kappa shape index (κ2) is 4.72. The van der Waals surface area contributed by atoms with Crippen molar-refractivity contribution < 1.29 is 9.47 Å². The van der Waals surface area contributed by atoms with E-state index in [2.05, 4.69) is 30.3 Å². The van der Waals surface area contributed by atoms with E-state index in [9.17, 15) is 0 Å². The molecule has 0 aromatic rings. The van der Waals surface area contributed by atoms with Crippen molar-refractivity contribution in [3.8, 4) is 0 Å². The first-order chi connectivity index (χ1) is 5.31. The Morgan fingerprint density at radius 1 is 1.82 bits per heavy atom. The maximum atomic E-state index is 5.73. The SMILES string of the molecule is BBC1CC(OC)C(CI)O1. The van der Waals surface area contributed by atoms with E-state index in [-0.39, 0.29) is 0 Å². The van der Waals surface area contributed by atoms with Gasteiger partial charge in [0.05, 0.1) is 19.9 Å². The zero-order valence-electron chi connectivity index (χ0n) is 7.05. The molecule has 0 aromatic heterocycles. The predicted octanol–water partition coefficient (Wildman–Crippen LogP) is -0.464. The van der Waals surface area contributed by atoms with Crippen molar-refractivity contribution in [2.24, 2.45) is 0 Å². The molecule has 0 bridgehead atoms. The van der Waals surface area contributed by atoms with Crippen LogP contribution in [-0.4, -0.2) is 44.7 Å². The van der Waals surface area contributed by atoms with Crippen molar-refractivity contribution in [3.63, 3.8) is 0 Å². The van der Waals surface area contributed by atoms with Crippen LogP contribution >= 0.6 is 22.6 Å². The van der Waals surface area contributed by atoms with E-state index >= 15 is 0 Å². The molecule has 0 N–H and O–H groups in total. The van der Waals surface area contributed by atoms with Crippen LogP contribution in [-0.2, 0) is 9.47 Å². The molecule has 5 heteroatoms. The van der Waals surface area contributed by atoms with Gasteiger partial charge in [0.1, 0.15) is 7.17 Å². The summed E-state index contributed by atoms with van der Waals surface area (Å²) in [5.74, 6) is 0. The molecular formula is C6H13B2IO2. The minimum absolute atomic E-state index is 0.325. The fourth-order valence-corrected chi connectivity index (χ4v) is 2.22. The summed E-state index contributed by atoms with van der Waals surface area (Å²) in [4.78, 5) is 0. The lowest BCUT2D eigenvalue weighted by Crippen LogP contribution is -2.24. The first kappa shape index (κ1) is 9.86. The molecule has 1 aliphatic heterocycles. The van der Waals surface area contributed by atoms with Gasteiger partial charge in [0.2, 0.25) is 0 Å². The van der Waals surface area contributed by atoms with Gasteiger partial charge in [0.15, 0.2) is 0 Å². The predicted molar refractivity (Wildman–Crippen MR) is 58.7 cm³/mol. The third-order valence-corrected chi connectivity index (χ3v) is 3.06. The molecule has 62 valence electrons. The van der Waals surface area contributed by atoms with Crippen LogP contribution < -0.4 is 0 Å². The number of hydrogen-bond donors (Lipinski definition) is 0. The Morgan fingerprint density at radius 2 is 2.55 bits per heavy atom. The molecule has 1 rings (SSSR count). The van der Waals surface area contributed by atoms with Crippen LogP contribution in [0.1, 0.15) is 6.42 Å². The Balaban J connectivity index is 2.41. The van der Waals surface area contributed by atoms with Gasteiger partial charge in [0.25, 0.3) is 0 Å². The molecule has 0 spiro atoms. The van der Waals surface area contributed by atoms with Crippen molar-refractivity contribution in [2.75, 3.05) is 11.5 Å². The highest BCUT2D eigenvalue weighted by Crippen LogP contribution is 2.23. The zero-order chi connectivity index (χ0) is 8.27. The van der Waals surface area contributed by atoms with E-state index in [1.807, 2.05) is 0 Å². The molecular weight excluding hydrogens is 253 g/mol. The van der Waals surface area contributed by atoms with Gasteiger partial charge in [-0.15, -0.1) is 0 Å². The van der Waals surface area contributed by atoms with Gasteiger partial charge < -0.3 is 9.47 Å². The number of halogens is 1. The number of ether oxygens (including phenoxy) is 2. The average molecular weight is 266 g/mol. The number of rotatable bonds is 3. The highest BCUT2D eigenvalue weighted by molar-refractivity contribution is 14.1. The normalized spacial score (nSPS) is 37.5. The van der Waals surface area contributed by atoms with E-state index < -0.39 is 0 Å². The first-order valence-corrected chi connectivity index (χ1v) is 5.58. The van der Waals surface area contributed by atoms with Crippen LogP contribution in [0.4, 0.5) is 0 Å². The lowest BCUT2D eigenvalue weighted by Gasteiger charge is -2.13. The quantitative estimate of drug-likeness (QED) is 0.391. The van der Waals surface area contributed by atoms with Gasteiger partial charge in [0, 0.05) is 17.5 Å². The molecule has 11 heavy (non-hydrogen) atoms. The molecule has 1 heterocycles. The summed E-state index contributed by atoms with van der Waals surface area (Å²) in [6.45, 7) is 0. The third-order valence-electron chi connectivity index (χ3n) is 2.19. The van der Waals surface area contributed by atoms with Gasteiger partial charge in [-0.25, -0.2) is 0 Å². The average Bonchev–Trinajstić information content (AvgIpc) is 2.46. The molecule has 1 aliphatic rings. The van der Waals surface area contributed by atoms with Gasteiger partial charge in [-0.2, -0.15) is 0 Å². The van der Waals surface area contributed by atoms with Gasteiger partial charge >= 0.3 is 0 Å². The smallest absolute Gasteiger partial charge is 0.119 e. The molecule has 0 aliphatic carbocycles. The van der Waals surface area contributed by atoms with E-state index in [1.54, 1.807) is 7.11 Å². The van der Waals surface area contributed by atoms with Gasteiger partial charge in [-0.1, -0.05) is 22.6 Å². The number of methoxy groups -OCH3 is 1. The van der Waals surface area contributed by atoms with E-state index in [0.717, 1.165) is 18.0 Å². The molecule has 3 atom stereocenters. The van der Waals surface area contributed by atoms with E-state index in [0.29, 0.717) is 18.2 Å². The van der Waals surface area contributed by atoms with Crippen LogP contribution in [0, 0.1) is 0 Å². The summed E-state index contributed by atoms with van der Waals surface area (Å²) in [5.41, 5.74) is 0. The van der Waals surface area contributed by atoms with Crippen molar-refractivity contribution in [1.29, 1.82) is 0 Å². The first-order valence-electron chi connectivity index (χ1n) is 4.06. The van der Waals surface area contributed by atoms with Crippen LogP contribution in [0.5, 0.6) is 0 Å². The lowest BCUT2D eigenvalue weighted by molar-refractivity contribution is 0.0252. The molecule has 2 nitrogen and oxygen atoms in total. The summed E-state index contributed by atoms with van der Waals surface area (Å²) in [6.07, 6.45) is 1.73. The van der Waals surface area contributed by atoms with Crippen molar-refractivity contribution in [1.82, 2.24) is 0 Å². The highest BCUT2D eigenvalue weighted by atomic mass is 127. The summed E-state index contributed by atoms with van der Waals surface area (Å²) < 4.78 is 12.1. The zero-order valence-corrected chi connectivity index (χ0v) is 9.21.